The molecule has 0 bridgehead atoms. The monoisotopic (exact) mass is 380 g/mol. The zero-order valence-electron chi connectivity index (χ0n) is 11.3. The molecule has 0 saturated heterocycles. The molecule has 21 heavy (non-hydrogen) atoms. The van der Waals surface area contributed by atoms with E-state index in [0.717, 1.165) is 19.4 Å². The van der Waals surface area contributed by atoms with Crippen molar-refractivity contribution < 1.29 is 4.79 Å². The summed E-state index contributed by atoms with van der Waals surface area (Å²) < 4.78 is 1.99. The van der Waals surface area contributed by atoms with Gasteiger partial charge < -0.3 is 10.6 Å². The van der Waals surface area contributed by atoms with E-state index in [-0.39, 0.29) is 5.91 Å². The molecule has 108 valence electrons. The summed E-state index contributed by atoms with van der Waals surface area (Å²) in [4.78, 5) is 16.1. The quantitative estimate of drug-likeness (QED) is 0.722. The second kappa shape index (κ2) is 5.79. The lowest BCUT2D eigenvalue weighted by Crippen LogP contribution is -2.25. The van der Waals surface area contributed by atoms with Crippen LogP contribution in [-0.4, -0.2) is 17.9 Å². The molecule has 6 heteroatoms. The van der Waals surface area contributed by atoms with Crippen molar-refractivity contribution in [1.29, 1.82) is 0 Å². The number of nitrogens with two attached hydrogens (primary N) is 1. The number of hydrogen-bond acceptors (Lipinski definition) is 4. The lowest BCUT2D eigenvalue weighted by Gasteiger charge is -2.15. The van der Waals surface area contributed by atoms with Gasteiger partial charge in [-0.15, -0.1) is 22.7 Å². The van der Waals surface area contributed by atoms with Crippen LogP contribution in [0.4, 0.5) is 5.69 Å². The van der Waals surface area contributed by atoms with Gasteiger partial charge in [-0.25, -0.2) is 0 Å². The van der Waals surface area contributed by atoms with Crippen molar-refractivity contribution in [3.63, 3.8) is 0 Å². The maximum absolute atomic E-state index is 12.6. The summed E-state index contributed by atoms with van der Waals surface area (Å²) >= 11 is 6.53. The van der Waals surface area contributed by atoms with Crippen LogP contribution in [-0.2, 0) is 6.54 Å². The Morgan fingerprint density at radius 3 is 2.90 bits per heavy atom. The molecule has 0 unspecified atom stereocenters. The second-order valence-electron chi connectivity index (χ2n) is 4.73. The molecule has 0 spiro atoms. The standard InChI is InChI=1S/C15H13BrN2OS2/c1-18(8-10-3-2-6-20-10)15(19)14-13(17)11-7-9(16)4-5-12(11)21-14/h2-7H,8,17H2,1H3. The first-order valence-electron chi connectivity index (χ1n) is 6.31. The lowest BCUT2D eigenvalue weighted by atomic mass is 10.2. The van der Waals surface area contributed by atoms with Gasteiger partial charge in [0.2, 0.25) is 0 Å². The number of amides is 1. The molecular weight excluding hydrogens is 368 g/mol. The van der Waals surface area contributed by atoms with Gasteiger partial charge in [0.15, 0.2) is 0 Å². The third-order valence-electron chi connectivity index (χ3n) is 3.20. The van der Waals surface area contributed by atoms with Crippen LogP contribution in [0.25, 0.3) is 10.1 Å². The van der Waals surface area contributed by atoms with Crippen molar-refractivity contribution in [2.75, 3.05) is 12.8 Å². The molecule has 0 aliphatic rings. The Morgan fingerprint density at radius 2 is 2.19 bits per heavy atom. The van der Waals surface area contributed by atoms with Gasteiger partial charge in [0, 0.05) is 26.5 Å². The Balaban J connectivity index is 1.92. The number of rotatable bonds is 3. The van der Waals surface area contributed by atoms with E-state index in [0.29, 0.717) is 17.1 Å². The Labute approximate surface area is 139 Å². The second-order valence-corrected chi connectivity index (χ2v) is 7.73. The van der Waals surface area contributed by atoms with Gasteiger partial charge in [0.05, 0.1) is 12.2 Å². The van der Waals surface area contributed by atoms with Crippen molar-refractivity contribution in [3.05, 3.63) is 49.9 Å². The fourth-order valence-electron chi connectivity index (χ4n) is 2.13. The van der Waals surface area contributed by atoms with E-state index in [2.05, 4.69) is 15.9 Å². The molecule has 0 fully saturated rings. The van der Waals surface area contributed by atoms with Crippen LogP contribution in [0.1, 0.15) is 14.5 Å². The molecule has 0 atom stereocenters. The number of hydrogen-bond donors (Lipinski definition) is 1. The summed E-state index contributed by atoms with van der Waals surface area (Å²) in [5.74, 6) is -0.0294. The fraction of sp³-hybridized carbons (Fsp3) is 0.133. The van der Waals surface area contributed by atoms with E-state index in [1.54, 1.807) is 16.2 Å². The third-order valence-corrected chi connectivity index (χ3v) is 5.73. The highest BCUT2D eigenvalue weighted by atomic mass is 79.9. The van der Waals surface area contributed by atoms with E-state index in [4.69, 9.17) is 5.73 Å². The minimum atomic E-state index is -0.0294. The highest BCUT2D eigenvalue weighted by molar-refractivity contribution is 9.10. The molecule has 3 aromatic rings. The van der Waals surface area contributed by atoms with Crippen LogP contribution in [0.2, 0.25) is 0 Å². The zero-order chi connectivity index (χ0) is 15.0. The number of halogens is 1. The molecule has 3 rings (SSSR count). The van der Waals surface area contributed by atoms with Crippen molar-refractivity contribution in [3.8, 4) is 0 Å². The van der Waals surface area contributed by atoms with Gasteiger partial charge >= 0.3 is 0 Å². The summed E-state index contributed by atoms with van der Waals surface area (Å²) in [5, 5.41) is 2.95. The normalized spacial score (nSPS) is 11.0. The number of fused-ring (bicyclic) bond motifs is 1. The van der Waals surface area contributed by atoms with Crippen molar-refractivity contribution in [2.45, 2.75) is 6.54 Å². The van der Waals surface area contributed by atoms with Gasteiger partial charge in [-0.3, -0.25) is 4.79 Å². The number of benzene rings is 1. The van der Waals surface area contributed by atoms with Gasteiger partial charge in [0.25, 0.3) is 5.91 Å². The molecule has 2 N–H and O–H groups in total. The van der Waals surface area contributed by atoms with E-state index >= 15 is 0 Å². The van der Waals surface area contributed by atoms with Crippen LogP contribution < -0.4 is 5.73 Å². The first-order valence-corrected chi connectivity index (χ1v) is 8.80. The van der Waals surface area contributed by atoms with Gasteiger partial charge in [-0.2, -0.15) is 0 Å². The highest BCUT2D eigenvalue weighted by Crippen LogP contribution is 2.36. The average Bonchev–Trinajstić information content (AvgIpc) is 3.07. The van der Waals surface area contributed by atoms with Gasteiger partial charge in [-0.05, 0) is 29.6 Å². The first kappa shape index (κ1) is 14.6. The molecule has 0 aliphatic heterocycles. The van der Waals surface area contributed by atoms with Crippen LogP contribution in [0.3, 0.4) is 0 Å². The Kier molecular flexibility index (Phi) is 4.01. The summed E-state index contributed by atoms with van der Waals surface area (Å²) in [6.45, 7) is 0.605. The molecule has 3 nitrogen and oxygen atoms in total. The topological polar surface area (TPSA) is 46.3 Å². The number of anilines is 1. The van der Waals surface area contributed by atoms with Gasteiger partial charge in [0.1, 0.15) is 4.88 Å². The lowest BCUT2D eigenvalue weighted by molar-refractivity contribution is 0.0792. The van der Waals surface area contributed by atoms with E-state index in [1.165, 1.54) is 11.3 Å². The van der Waals surface area contributed by atoms with Crippen LogP contribution in [0, 0.1) is 0 Å². The zero-order valence-corrected chi connectivity index (χ0v) is 14.5. The van der Waals surface area contributed by atoms with Crippen LogP contribution >= 0.6 is 38.6 Å². The minimum Gasteiger partial charge on any atom is -0.397 e. The Hall–Kier alpha value is -1.37. The minimum absolute atomic E-state index is 0.0294. The number of carbonyl (C=O) groups is 1. The Bertz CT molecular complexity index is 795. The van der Waals surface area contributed by atoms with E-state index in [9.17, 15) is 4.79 Å². The van der Waals surface area contributed by atoms with E-state index in [1.807, 2.05) is 42.8 Å². The Morgan fingerprint density at radius 1 is 1.38 bits per heavy atom. The molecule has 0 radical (unpaired) electrons. The van der Waals surface area contributed by atoms with E-state index < -0.39 is 0 Å². The van der Waals surface area contributed by atoms with Crippen LogP contribution in [0.15, 0.2) is 40.2 Å². The number of carbonyl (C=O) groups excluding carboxylic acids is 1. The predicted octanol–water partition coefficient (Wildman–Crippen LogP) is 4.58. The molecule has 2 aromatic heterocycles. The number of thiophene rings is 2. The summed E-state index contributed by atoms with van der Waals surface area (Å²) in [6, 6.07) is 9.92. The maximum atomic E-state index is 12.6. The molecule has 1 amide bonds. The molecule has 0 aliphatic carbocycles. The maximum Gasteiger partial charge on any atom is 0.266 e. The molecule has 1 aromatic carbocycles. The van der Waals surface area contributed by atoms with Crippen LogP contribution in [0.5, 0.6) is 0 Å². The fourth-order valence-corrected chi connectivity index (χ4v) is 4.35. The first-order chi connectivity index (χ1) is 10.1. The molecule has 2 heterocycles. The molecule has 0 saturated carbocycles. The summed E-state index contributed by atoms with van der Waals surface area (Å²) in [7, 11) is 1.81. The SMILES string of the molecule is CN(Cc1cccs1)C(=O)c1sc2ccc(Br)cc2c1N. The van der Waals surface area contributed by atoms with Crippen molar-refractivity contribution >= 4 is 60.3 Å². The van der Waals surface area contributed by atoms with Crippen molar-refractivity contribution in [2.24, 2.45) is 0 Å². The van der Waals surface area contributed by atoms with Gasteiger partial charge in [-0.1, -0.05) is 22.0 Å². The van der Waals surface area contributed by atoms with Crippen molar-refractivity contribution in [1.82, 2.24) is 4.90 Å². The predicted molar refractivity (Wildman–Crippen MR) is 94.1 cm³/mol. The largest absolute Gasteiger partial charge is 0.397 e. The highest BCUT2D eigenvalue weighted by Gasteiger charge is 2.20. The smallest absolute Gasteiger partial charge is 0.266 e. The number of nitrogens with zero attached hydrogens (tertiary/aromatic N) is 1. The summed E-state index contributed by atoms with van der Waals surface area (Å²) in [6.07, 6.45) is 0. The number of nitrogen functional groups attached to an aromatic ring is 1. The molecular formula is C15H13BrN2OS2. The summed E-state index contributed by atoms with van der Waals surface area (Å²) in [5.41, 5.74) is 6.73. The third kappa shape index (κ3) is 2.84. The average molecular weight is 381 g/mol.